The number of hydrogen-bond donors (Lipinski definition) is 3. The molecule has 40 heavy (non-hydrogen) atoms. The number of hydrogen-bond acceptors (Lipinski definition) is 6. The number of amides is 2. The van der Waals surface area contributed by atoms with Crippen LogP contribution in [-0.4, -0.2) is 74.5 Å². The van der Waals surface area contributed by atoms with Crippen molar-refractivity contribution in [2.75, 3.05) is 46.7 Å². The smallest absolute Gasteiger partial charge is 0.243 e. The molecule has 0 aromatic carbocycles. The molecule has 3 N–H and O–H groups in total. The van der Waals surface area contributed by atoms with Crippen molar-refractivity contribution >= 4 is 11.8 Å². The first kappa shape index (κ1) is 35.8. The molecular weight excluding hydrogens is 508 g/mol. The Morgan fingerprint density at radius 2 is 1.50 bits per heavy atom. The average Bonchev–Trinajstić information content (AvgIpc) is 3.47. The van der Waals surface area contributed by atoms with Crippen LogP contribution in [0.2, 0.25) is 0 Å². The van der Waals surface area contributed by atoms with E-state index in [2.05, 4.69) is 39.7 Å². The highest BCUT2D eigenvalue weighted by Crippen LogP contribution is 2.11. The molecule has 0 saturated carbocycles. The first-order valence-corrected chi connectivity index (χ1v) is 15.5. The molecule has 0 aliphatic heterocycles. The minimum atomic E-state index is -0.657. The van der Waals surface area contributed by atoms with Crippen LogP contribution in [-0.2, 0) is 30.2 Å². The number of aromatic nitrogens is 2. The van der Waals surface area contributed by atoms with E-state index in [1.807, 2.05) is 0 Å². The summed E-state index contributed by atoms with van der Waals surface area (Å²) in [5.74, 6) is -0.320. The molecule has 9 heteroatoms. The topological polar surface area (TPSA) is 115 Å². The van der Waals surface area contributed by atoms with E-state index in [0.29, 0.717) is 52.4 Å². The molecule has 1 heterocycles. The number of nitrogens with one attached hydrogen (secondary N) is 3. The summed E-state index contributed by atoms with van der Waals surface area (Å²) >= 11 is 0. The zero-order valence-electron chi connectivity index (χ0n) is 25.2. The van der Waals surface area contributed by atoms with Gasteiger partial charge in [0.15, 0.2) is 0 Å². The molecule has 9 nitrogen and oxygen atoms in total. The summed E-state index contributed by atoms with van der Waals surface area (Å²) in [4.78, 5) is 32.4. The predicted octanol–water partition coefficient (Wildman–Crippen LogP) is 5.27. The Morgan fingerprint density at radius 1 is 0.875 bits per heavy atom. The molecule has 0 bridgehead atoms. The van der Waals surface area contributed by atoms with Gasteiger partial charge in [-0.05, 0) is 32.1 Å². The van der Waals surface area contributed by atoms with Crippen LogP contribution in [0.3, 0.4) is 0 Å². The maximum atomic E-state index is 12.8. The molecule has 0 spiro atoms. The Labute approximate surface area is 242 Å². The van der Waals surface area contributed by atoms with Gasteiger partial charge in [-0.3, -0.25) is 9.59 Å². The quantitative estimate of drug-likeness (QED) is 0.0944. The Balaban J connectivity index is 2.13. The van der Waals surface area contributed by atoms with E-state index in [-0.39, 0.29) is 11.8 Å². The number of H-pyrrole nitrogens is 1. The zero-order valence-corrected chi connectivity index (χ0v) is 25.2. The average molecular weight is 565 g/mol. The van der Waals surface area contributed by atoms with Gasteiger partial charge >= 0.3 is 0 Å². The fourth-order valence-electron chi connectivity index (χ4n) is 4.28. The second-order valence-electron chi connectivity index (χ2n) is 10.2. The summed E-state index contributed by atoms with van der Waals surface area (Å²) in [5.41, 5.74) is 0.798. The first-order chi connectivity index (χ1) is 19.7. The van der Waals surface area contributed by atoms with Crippen molar-refractivity contribution in [3.63, 3.8) is 0 Å². The number of carbonyl (C=O) groups excluding carboxylic acids is 2. The van der Waals surface area contributed by atoms with E-state index in [9.17, 15) is 9.59 Å². The number of carbonyl (C=O) groups is 2. The number of rotatable bonds is 28. The van der Waals surface area contributed by atoms with Crippen LogP contribution in [0.4, 0.5) is 0 Å². The lowest BCUT2D eigenvalue weighted by Crippen LogP contribution is -2.48. The second-order valence-corrected chi connectivity index (χ2v) is 10.2. The van der Waals surface area contributed by atoms with Gasteiger partial charge < -0.3 is 29.8 Å². The monoisotopic (exact) mass is 564 g/mol. The number of ether oxygens (including phenoxy) is 3. The molecule has 2 amide bonds. The largest absolute Gasteiger partial charge is 0.382 e. The summed E-state index contributed by atoms with van der Waals surface area (Å²) in [7, 11) is 1.63. The molecule has 0 radical (unpaired) electrons. The van der Waals surface area contributed by atoms with E-state index in [1.54, 1.807) is 19.6 Å². The van der Waals surface area contributed by atoms with Gasteiger partial charge in [-0.2, -0.15) is 0 Å². The molecule has 0 fully saturated rings. The summed E-state index contributed by atoms with van der Waals surface area (Å²) in [6, 6.07) is -0.657. The highest BCUT2D eigenvalue weighted by Gasteiger charge is 2.21. The Kier molecular flexibility index (Phi) is 24.1. The van der Waals surface area contributed by atoms with Gasteiger partial charge in [0.2, 0.25) is 11.8 Å². The predicted molar refractivity (Wildman–Crippen MR) is 160 cm³/mol. The van der Waals surface area contributed by atoms with E-state index >= 15 is 0 Å². The lowest BCUT2D eigenvalue weighted by molar-refractivity contribution is -0.129. The lowest BCUT2D eigenvalue weighted by Gasteiger charge is -2.18. The number of aromatic amines is 1. The molecule has 1 aromatic rings. The van der Waals surface area contributed by atoms with Crippen molar-refractivity contribution in [2.24, 2.45) is 0 Å². The van der Waals surface area contributed by atoms with Crippen LogP contribution >= 0.6 is 0 Å². The Morgan fingerprint density at radius 3 is 2.15 bits per heavy atom. The van der Waals surface area contributed by atoms with Crippen molar-refractivity contribution in [1.29, 1.82) is 0 Å². The molecular formula is C31H56N4O5. The van der Waals surface area contributed by atoms with Crippen LogP contribution in [0, 0.1) is 0 Å². The van der Waals surface area contributed by atoms with Crippen molar-refractivity contribution in [3.8, 4) is 0 Å². The number of imidazole rings is 1. The maximum absolute atomic E-state index is 12.8. The van der Waals surface area contributed by atoms with E-state index < -0.39 is 6.04 Å². The van der Waals surface area contributed by atoms with Gasteiger partial charge in [-0.1, -0.05) is 70.4 Å². The minimum Gasteiger partial charge on any atom is -0.382 e. The van der Waals surface area contributed by atoms with Crippen LogP contribution in [0.25, 0.3) is 0 Å². The third-order valence-corrected chi connectivity index (χ3v) is 6.65. The van der Waals surface area contributed by atoms with E-state index in [4.69, 9.17) is 14.2 Å². The van der Waals surface area contributed by atoms with Crippen molar-refractivity contribution in [3.05, 3.63) is 30.4 Å². The summed E-state index contributed by atoms with van der Waals surface area (Å²) in [5, 5.41) is 5.76. The molecule has 1 unspecified atom stereocenters. The fourth-order valence-corrected chi connectivity index (χ4v) is 4.28. The Bertz CT molecular complexity index is 742. The van der Waals surface area contributed by atoms with Gasteiger partial charge in [0.25, 0.3) is 0 Å². The van der Waals surface area contributed by atoms with Crippen molar-refractivity contribution < 1.29 is 23.8 Å². The molecule has 0 aliphatic rings. The lowest BCUT2D eigenvalue weighted by atomic mass is 10.1. The third kappa shape index (κ3) is 21.6. The van der Waals surface area contributed by atoms with Gasteiger partial charge in [-0.15, -0.1) is 0 Å². The zero-order chi connectivity index (χ0) is 28.9. The molecule has 1 aromatic heterocycles. The third-order valence-electron chi connectivity index (χ3n) is 6.65. The van der Waals surface area contributed by atoms with Crippen LogP contribution in [0.15, 0.2) is 24.7 Å². The number of nitrogens with zero attached hydrogens (tertiary/aromatic N) is 1. The Hall–Kier alpha value is -2.23. The van der Waals surface area contributed by atoms with Gasteiger partial charge in [0, 0.05) is 38.4 Å². The highest BCUT2D eigenvalue weighted by atomic mass is 16.5. The normalized spacial score (nSPS) is 12.2. The van der Waals surface area contributed by atoms with Crippen LogP contribution < -0.4 is 10.6 Å². The molecule has 230 valence electrons. The molecule has 0 saturated heterocycles. The standard InChI is InChI=1S/C31H56N4O5/c1-3-4-5-6-7-8-9-10-11-12-13-14-15-16-17-18-30(36)35-29(25-28-26-32-27-34-28)31(37)33-19-20-39-23-24-40-22-21-38-2/h8-9,26-27,29H,3-7,10-25H2,1-2H3,(H,32,34)(H,33,37)(H,35,36)/b9-8-. The SMILES string of the molecule is CCCCCC/C=C\CCCCCCCCCC(=O)NC(Cc1cnc[nH]1)C(=O)NCCOCCOCCOC. The van der Waals surface area contributed by atoms with Crippen molar-refractivity contribution in [2.45, 2.75) is 109 Å². The first-order valence-electron chi connectivity index (χ1n) is 15.5. The van der Waals surface area contributed by atoms with E-state index in [1.165, 1.54) is 64.2 Å². The number of methoxy groups -OCH3 is 1. The van der Waals surface area contributed by atoms with Gasteiger partial charge in [0.05, 0.1) is 39.4 Å². The summed E-state index contributed by atoms with van der Waals surface area (Å²) < 4.78 is 15.7. The maximum Gasteiger partial charge on any atom is 0.243 e. The molecule has 0 aliphatic carbocycles. The van der Waals surface area contributed by atoms with Crippen molar-refractivity contribution in [1.82, 2.24) is 20.6 Å². The second kappa shape index (κ2) is 27.0. The molecule has 1 rings (SSSR count). The molecule has 1 atom stereocenters. The fraction of sp³-hybridized carbons (Fsp3) is 0.774. The summed E-state index contributed by atoms with van der Waals surface area (Å²) in [6.07, 6.45) is 24.5. The van der Waals surface area contributed by atoms with Gasteiger partial charge in [-0.25, -0.2) is 4.98 Å². The number of unbranched alkanes of at least 4 members (excludes halogenated alkanes) is 11. The number of allylic oxidation sites excluding steroid dienone is 2. The highest BCUT2D eigenvalue weighted by molar-refractivity contribution is 5.87. The summed E-state index contributed by atoms with van der Waals surface area (Å²) in [6.45, 7) is 5.00. The van der Waals surface area contributed by atoms with E-state index in [0.717, 1.165) is 25.0 Å². The van der Waals surface area contributed by atoms with Gasteiger partial charge in [0.1, 0.15) is 6.04 Å². The van der Waals surface area contributed by atoms with Crippen LogP contribution in [0.1, 0.15) is 103 Å². The van der Waals surface area contributed by atoms with Crippen LogP contribution in [0.5, 0.6) is 0 Å². The minimum absolute atomic E-state index is 0.0920.